The number of carbonyl (C=O) groups is 1. The molecule has 7 nitrogen and oxygen atoms in total. The Morgan fingerprint density at radius 3 is 2.10 bits per heavy atom. The summed E-state index contributed by atoms with van der Waals surface area (Å²) in [7, 11) is 0. The fraction of sp³-hybridized carbons (Fsp3) is 0.429. The highest BCUT2D eigenvalue weighted by Crippen LogP contribution is 2.28. The SMILES string of the molecule is Cc1ccc2c(c1)n(CCCN1CCCCC1)c(=O)n2C1CCN(C(=O)NC(c2ccccc2)c2ccccc2)CC1. The van der Waals surface area contributed by atoms with Crippen molar-refractivity contribution in [3.05, 3.63) is 106 Å². The second-order valence-corrected chi connectivity index (χ2v) is 12.0. The number of benzene rings is 3. The molecule has 3 aromatic carbocycles. The Hall–Kier alpha value is -3.84. The van der Waals surface area contributed by atoms with E-state index in [2.05, 4.69) is 59.6 Å². The summed E-state index contributed by atoms with van der Waals surface area (Å²) in [6, 6.07) is 26.4. The van der Waals surface area contributed by atoms with Crippen molar-refractivity contribution < 1.29 is 4.79 Å². The van der Waals surface area contributed by atoms with Crippen LogP contribution in [0.5, 0.6) is 0 Å². The molecule has 0 saturated carbocycles. The number of aryl methyl sites for hydroxylation is 2. The number of aromatic nitrogens is 2. The molecule has 0 bridgehead atoms. The largest absolute Gasteiger partial charge is 0.329 e. The van der Waals surface area contributed by atoms with Crippen molar-refractivity contribution in [1.82, 2.24) is 24.3 Å². The summed E-state index contributed by atoms with van der Waals surface area (Å²) in [6.07, 6.45) is 6.41. The number of amides is 2. The van der Waals surface area contributed by atoms with Gasteiger partial charge < -0.3 is 15.1 Å². The molecule has 6 rings (SSSR count). The number of carbonyl (C=O) groups excluding carboxylic acids is 1. The van der Waals surface area contributed by atoms with Crippen LogP contribution >= 0.6 is 0 Å². The van der Waals surface area contributed by atoms with Gasteiger partial charge in [0.15, 0.2) is 0 Å². The van der Waals surface area contributed by atoms with E-state index in [-0.39, 0.29) is 23.8 Å². The van der Waals surface area contributed by atoms with Gasteiger partial charge >= 0.3 is 11.7 Å². The van der Waals surface area contributed by atoms with Crippen LogP contribution in [-0.2, 0) is 6.54 Å². The number of nitrogens with zero attached hydrogens (tertiary/aromatic N) is 4. The third kappa shape index (κ3) is 6.16. The molecule has 0 spiro atoms. The van der Waals surface area contributed by atoms with Crippen molar-refractivity contribution >= 4 is 17.1 Å². The van der Waals surface area contributed by atoms with E-state index in [0.29, 0.717) is 13.1 Å². The van der Waals surface area contributed by atoms with Crippen LogP contribution in [-0.4, -0.2) is 57.7 Å². The maximum Gasteiger partial charge on any atom is 0.329 e. The van der Waals surface area contributed by atoms with Crippen molar-refractivity contribution in [3.63, 3.8) is 0 Å². The molecule has 1 aromatic heterocycles. The van der Waals surface area contributed by atoms with Crippen LogP contribution in [0.4, 0.5) is 4.79 Å². The van der Waals surface area contributed by atoms with Gasteiger partial charge in [0.1, 0.15) is 0 Å². The molecular formula is C35H43N5O2. The Morgan fingerprint density at radius 2 is 1.45 bits per heavy atom. The second-order valence-electron chi connectivity index (χ2n) is 12.0. The monoisotopic (exact) mass is 565 g/mol. The molecule has 2 fully saturated rings. The zero-order valence-electron chi connectivity index (χ0n) is 24.8. The van der Waals surface area contributed by atoms with Crippen molar-refractivity contribution in [2.45, 2.75) is 64.1 Å². The molecular weight excluding hydrogens is 522 g/mol. The molecule has 42 heavy (non-hydrogen) atoms. The second kappa shape index (κ2) is 13.0. The van der Waals surface area contributed by atoms with Crippen molar-refractivity contribution in [2.24, 2.45) is 0 Å². The van der Waals surface area contributed by atoms with Gasteiger partial charge in [0.05, 0.1) is 17.1 Å². The van der Waals surface area contributed by atoms with Gasteiger partial charge in [-0.1, -0.05) is 73.2 Å². The fourth-order valence-corrected chi connectivity index (χ4v) is 6.79. The lowest BCUT2D eigenvalue weighted by Gasteiger charge is -2.34. The van der Waals surface area contributed by atoms with E-state index in [1.807, 2.05) is 50.4 Å². The molecule has 1 N–H and O–H groups in total. The number of hydrogen-bond acceptors (Lipinski definition) is 3. The van der Waals surface area contributed by atoms with Crippen molar-refractivity contribution in [3.8, 4) is 0 Å². The van der Waals surface area contributed by atoms with Crippen LogP contribution in [0.25, 0.3) is 11.0 Å². The lowest BCUT2D eigenvalue weighted by molar-refractivity contribution is 0.169. The quantitative estimate of drug-likeness (QED) is 0.280. The van der Waals surface area contributed by atoms with Crippen LogP contribution in [0.1, 0.15) is 67.3 Å². The zero-order chi connectivity index (χ0) is 28.9. The number of fused-ring (bicyclic) bond motifs is 1. The molecule has 2 aliphatic heterocycles. The summed E-state index contributed by atoms with van der Waals surface area (Å²) in [4.78, 5) is 31.8. The molecule has 0 unspecified atom stereocenters. The molecule has 0 radical (unpaired) electrons. The summed E-state index contributed by atoms with van der Waals surface area (Å²) in [5.41, 5.74) is 5.42. The third-order valence-electron chi connectivity index (χ3n) is 9.07. The minimum absolute atomic E-state index is 0.0609. The van der Waals surface area contributed by atoms with E-state index in [9.17, 15) is 9.59 Å². The average Bonchev–Trinajstić information content (AvgIpc) is 3.31. The Bertz CT molecular complexity index is 1490. The van der Waals surface area contributed by atoms with Gasteiger partial charge in [-0.3, -0.25) is 9.13 Å². The number of likely N-dealkylation sites (tertiary alicyclic amines) is 2. The van der Waals surface area contributed by atoms with E-state index >= 15 is 0 Å². The summed E-state index contributed by atoms with van der Waals surface area (Å²) in [5.74, 6) is 0. The first-order valence-electron chi connectivity index (χ1n) is 15.7. The Kier molecular flexibility index (Phi) is 8.75. The first-order valence-corrected chi connectivity index (χ1v) is 15.7. The van der Waals surface area contributed by atoms with Crippen LogP contribution in [0.2, 0.25) is 0 Å². The third-order valence-corrected chi connectivity index (χ3v) is 9.07. The molecule has 4 aromatic rings. The number of urea groups is 1. The normalized spacial score (nSPS) is 16.8. The van der Waals surface area contributed by atoms with Crippen molar-refractivity contribution in [1.29, 1.82) is 0 Å². The van der Waals surface area contributed by atoms with Gasteiger partial charge in [-0.15, -0.1) is 0 Å². The smallest absolute Gasteiger partial charge is 0.327 e. The highest BCUT2D eigenvalue weighted by molar-refractivity contribution is 5.77. The molecule has 0 atom stereocenters. The van der Waals surface area contributed by atoms with Gasteiger partial charge in [-0.2, -0.15) is 0 Å². The molecule has 2 saturated heterocycles. The summed E-state index contributed by atoms with van der Waals surface area (Å²) < 4.78 is 4.01. The molecule has 3 heterocycles. The van der Waals surface area contributed by atoms with Gasteiger partial charge in [-0.25, -0.2) is 9.59 Å². The van der Waals surface area contributed by atoms with E-state index in [0.717, 1.165) is 54.5 Å². The van der Waals surface area contributed by atoms with Gasteiger partial charge in [0.25, 0.3) is 0 Å². The molecule has 0 aliphatic carbocycles. The van der Waals surface area contributed by atoms with Crippen LogP contribution in [0.3, 0.4) is 0 Å². The van der Waals surface area contributed by atoms with Gasteiger partial charge in [0, 0.05) is 25.7 Å². The lowest BCUT2D eigenvalue weighted by atomic mass is 9.99. The predicted octanol–water partition coefficient (Wildman–Crippen LogP) is 6.12. The van der Waals surface area contributed by atoms with E-state index < -0.39 is 0 Å². The van der Waals surface area contributed by atoms with Crippen LogP contribution < -0.4 is 11.0 Å². The maximum atomic E-state index is 13.9. The van der Waals surface area contributed by atoms with E-state index in [1.165, 1.54) is 37.9 Å². The van der Waals surface area contributed by atoms with Gasteiger partial charge in [-0.05, 0) is 87.5 Å². The highest BCUT2D eigenvalue weighted by Gasteiger charge is 2.29. The number of rotatable bonds is 8. The van der Waals surface area contributed by atoms with E-state index in [4.69, 9.17) is 0 Å². The molecule has 7 heteroatoms. The fourth-order valence-electron chi connectivity index (χ4n) is 6.79. The summed E-state index contributed by atoms with van der Waals surface area (Å²) in [5, 5.41) is 3.29. The maximum absolute atomic E-state index is 13.9. The Balaban J connectivity index is 1.15. The Morgan fingerprint density at radius 1 is 0.810 bits per heavy atom. The highest BCUT2D eigenvalue weighted by atomic mass is 16.2. The standard InChI is InChI=1S/C35H43N5O2/c1-27-16-17-31-32(26-27)39(23-11-22-37-20-9-4-10-21-37)35(42)40(31)30-18-24-38(25-19-30)34(41)36-33(28-12-5-2-6-13-28)29-14-7-3-8-15-29/h2-3,5-8,12-17,26,30,33H,4,9-11,18-25H2,1H3,(H,36,41). The lowest BCUT2D eigenvalue weighted by Crippen LogP contribution is -2.46. The number of imidazole rings is 1. The summed E-state index contributed by atoms with van der Waals surface area (Å²) >= 11 is 0. The number of nitrogens with one attached hydrogen (secondary N) is 1. The minimum atomic E-state index is -0.216. The molecule has 2 aliphatic rings. The first kappa shape index (κ1) is 28.3. The van der Waals surface area contributed by atoms with Crippen molar-refractivity contribution in [2.75, 3.05) is 32.7 Å². The van der Waals surface area contributed by atoms with E-state index in [1.54, 1.807) is 0 Å². The zero-order valence-corrected chi connectivity index (χ0v) is 24.8. The number of piperidine rings is 2. The predicted molar refractivity (Wildman–Crippen MR) is 169 cm³/mol. The van der Waals surface area contributed by atoms with Crippen LogP contribution in [0.15, 0.2) is 83.7 Å². The Labute approximate surface area is 248 Å². The first-order chi connectivity index (χ1) is 20.6. The molecule has 2 amide bonds. The van der Waals surface area contributed by atoms with Gasteiger partial charge in [0.2, 0.25) is 0 Å². The topological polar surface area (TPSA) is 62.5 Å². The summed E-state index contributed by atoms with van der Waals surface area (Å²) in [6.45, 7) is 7.47. The molecule has 220 valence electrons. The van der Waals surface area contributed by atoms with Crippen LogP contribution in [0, 0.1) is 6.92 Å². The number of hydrogen-bond donors (Lipinski definition) is 1. The minimum Gasteiger partial charge on any atom is -0.327 e. The average molecular weight is 566 g/mol.